The first-order valence-electron chi connectivity index (χ1n) is 4.83. The Morgan fingerprint density at radius 3 is 2.93 bits per heavy atom. The van der Waals surface area contributed by atoms with Crippen LogP contribution in [0.15, 0.2) is 34.3 Å². The molecule has 0 atom stereocenters. The molecule has 3 heteroatoms. The molecule has 0 unspecified atom stereocenters. The lowest BCUT2D eigenvalue weighted by Gasteiger charge is -2.03. The van der Waals surface area contributed by atoms with Crippen LogP contribution in [0.1, 0.15) is 25.3 Å². The third kappa shape index (κ3) is 3.42. The predicted octanol–water partition coefficient (Wildman–Crippen LogP) is 2.87. The van der Waals surface area contributed by atoms with Crippen molar-refractivity contribution >= 4 is 18.0 Å². The van der Waals surface area contributed by atoms with E-state index in [1.165, 1.54) is 17.7 Å². The van der Waals surface area contributed by atoms with Crippen LogP contribution in [0.3, 0.4) is 0 Å². The highest BCUT2D eigenvalue weighted by molar-refractivity contribution is 7.99. The van der Waals surface area contributed by atoms with E-state index in [-0.39, 0.29) is 0 Å². The second-order valence-electron chi connectivity index (χ2n) is 3.02. The fraction of sp³-hybridized carbons (Fsp3) is 0.364. The van der Waals surface area contributed by atoms with Gasteiger partial charge in [0.25, 0.3) is 0 Å². The average molecular weight is 208 g/mol. The Morgan fingerprint density at radius 2 is 2.21 bits per heavy atom. The Morgan fingerprint density at radius 1 is 1.43 bits per heavy atom. The Labute approximate surface area is 89.6 Å². The monoisotopic (exact) mass is 208 g/mol. The van der Waals surface area contributed by atoms with Crippen molar-refractivity contribution in [3.8, 4) is 0 Å². The molecule has 0 amide bonds. The van der Waals surface area contributed by atoms with E-state index >= 15 is 0 Å². The fourth-order valence-corrected chi connectivity index (χ4v) is 2.24. The summed E-state index contributed by atoms with van der Waals surface area (Å²) in [5.41, 5.74) is 1.11. The van der Waals surface area contributed by atoms with Gasteiger partial charge in [0.1, 0.15) is 0 Å². The van der Waals surface area contributed by atoms with Crippen LogP contribution in [0.2, 0.25) is 0 Å². The Bertz CT molecular complexity index is 297. The normalized spacial score (nSPS) is 10.9. The lowest BCUT2D eigenvalue weighted by atomic mass is 10.2. The molecule has 0 saturated heterocycles. The Kier molecular flexibility index (Phi) is 5.15. The summed E-state index contributed by atoms with van der Waals surface area (Å²) in [6.45, 7) is 2.20. The van der Waals surface area contributed by atoms with Crippen molar-refractivity contribution in [3.63, 3.8) is 0 Å². The number of unbranched alkanes of at least 4 members (excludes halogenated alkanes) is 1. The summed E-state index contributed by atoms with van der Waals surface area (Å²) in [5.74, 6) is 6.30. The van der Waals surface area contributed by atoms with Crippen molar-refractivity contribution in [2.24, 2.45) is 10.9 Å². The first kappa shape index (κ1) is 11.1. The van der Waals surface area contributed by atoms with Gasteiger partial charge < -0.3 is 5.84 Å². The van der Waals surface area contributed by atoms with Crippen molar-refractivity contribution in [3.05, 3.63) is 29.8 Å². The van der Waals surface area contributed by atoms with Crippen LogP contribution in [-0.2, 0) is 0 Å². The first-order chi connectivity index (χ1) is 6.88. The van der Waals surface area contributed by atoms with Gasteiger partial charge in [-0.3, -0.25) is 0 Å². The van der Waals surface area contributed by atoms with Gasteiger partial charge in [0.05, 0.1) is 6.21 Å². The summed E-state index contributed by atoms with van der Waals surface area (Å²) in [6, 6.07) is 8.19. The zero-order valence-electron chi connectivity index (χ0n) is 8.44. The summed E-state index contributed by atoms with van der Waals surface area (Å²) in [5, 5.41) is 3.56. The number of rotatable bonds is 5. The topological polar surface area (TPSA) is 38.4 Å². The van der Waals surface area contributed by atoms with Gasteiger partial charge in [-0.2, -0.15) is 5.10 Å². The first-order valence-corrected chi connectivity index (χ1v) is 5.82. The van der Waals surface area contributed by atoms with Crippen LogP contribution < -0.4 is 5.84 Å². The van der Waals surface area contributed by atoms with E-state index in [4.69, 9.17) is 5.84 Å². The van der Waals surface area contributed by atoms with Crippen molar-refractivity contribution in [1.29, 1.82) is 0 Å². The highest BCUT2D eigenvalue weighted by Gasteiger charge is 1.98. The minimum Gasteiger partial charge on any atom is -0.323 e. The number of hydrogen-bond donors (Lipinski definition) is 1. The molecule has 0 aromatic heterocycles. The predicted molar refractivity (Wildman–Crippen MR) is 63.9 cm³/mol. The van der Waals surface area contributed by atoms with Gasteiger partial charge in [-0.1, -0.05) is 31.5 Å². The summed E-state index contributed by atoms with van der Waals surface area (Å²) >= 11 is 1.86. The maximum Gasteiger partial charge on any atom is 0.0549 e. The quantitative estimate of drug-likeness (QED) is 0.266. The molecule has 1 rings (SSSR count). The van der Waals surface area contributed by atoms with E-state index in [1.54, 1.807) is 6.21 Å². The largest absolute Gasteiger partial charge is 0.323 e. The molecule has 1 aromatic carbocycles. The van der Waals surface area contributed by atoms with Crippen LogP contribution in [0.5, 0.6) is 0 Å². The summed E-state index contributed by atoms with van der Waals surface area (Å²) < 4.78 is 0. The van der Waals surface area contributed by atoms with Gasteiger partial charge in [0.2, 0.25) is 0 Å². The molecule has 1 aromatic rings. The molecule has 14 heavy (non-hydrogen) atoms. The third-order valence-electron chi connectivity index (χ3n) is 1.89. The molecular formula is C11H16N2S. The molecule has 0 radical (unpaired) electrons. The van der Waals surface area contributed by atoms with E-state index in [0.717, 1.165) is 11.3 Å². The third-order valence-corrected chi connectivity index (χ3v) is 3.06. The second-order valence-corrected chi connectivity index (χ2v) is 4.15. The highest BCUT2D eigenvalue weighted by atomic mass is 32.2. The van der Waals surface area contributed by atoms with E-state index in [2.05, 4.69) is 18.1 Å². The lowest BCUT2D eigenvalue weighted by Crippen LogP contribution is -1.90. The molecule has 0 aliphatic heterocycles. The van der Waals surface area contributed by atoms with Gasteiger partial charge in [0.15, 0.2) is 0 Å². The number of nitrogens with zero attached hydrogens (tertiary/aromatic N) is 1. The minimum atomic E-state index is 1.11. The lowest BCUT2D eigenvalue weighted by molar-refractivity contribution is 0.896. The number of hydrazone groups is 1. The SMILES string of the molecule is CCCCSc1ccccc1C=NN. The van der Waals surface area contributed by atoms with Crippen LogP contribution >= 0.6 is 11.8 Å². The van der Waals surface area contributed by atoms with E-state index in [1.807, 2.05) is 30.0 Å². The van der Waals surface area contributed by atoms with Gasteiger partial charge >= 0.3 is 0 Å². The van der Waals surface area contributed by atoms with Gasteiger partial charge in [-0.05, 0) is 18.2 Å². The number of nitrogens with two attached hydrogens (primary N) is 1. The Hall–Kier alpha value is -0.960. The van der Waals surface area contributed by atoms with Crippen molar-refractivity contribution in [2.45, 2.75) is 24.7 Å². The molecule has 0 fully saturated rings. The molecule has 0 aliphatic carbocycles. The number of benzene rings is 1. The van der Waals surface area contributed by atoms with Crippen molar-refractivity contribution in [2.75, 3.05) is 5.75 Å². The molecule has 0 aliphatic rings. The summed E-state index contributed by atoms with van der Waals surface area (Å²) in [4.78, 5) is 1.26. The minimum absolute atomic E-state index is 1.11. The second kappa shape index (κ2) is 6.49. The van der Waals surface area contributed by atoms with Gasteiger partial charge in [-0.25, -0.2) is 0 Å². The molecule has 0 spiro atoms. The smallest absolute Gasteiger partial charge is 0.0549 e. The molecule has 2 N–H and O–H groups in total. The van der Waals surface area contributed by atoms with Crippen LogP contribution in [0.25, 0.3) is 0 Å². The Balaban J connectivity index is 2.64. The molecule has 2 nitrogen and oxygen atoms in total. The van der Waals surface area contributed by atoms with Gasteiger partial charge in [-0.15, -0.1) is 11.8 Å². The van der Waals surface area contributed by atoms with Gasteiger partial charge in [0, 0.05) is 10.5 Å². The van der Waals surface area contributed by atoms with Crippen molar-refractivity contribution in [1.82, 2.24) is 0 Å². The molecular weight excluding hydrogens is 192 g/mol. The molecule has 76 valence electrons. The number of thioether (sulfide) groups is 1. The summed E-state index contributed by atoms with van der Waals surface area (Å²) in [7, 11) is 0. The maximum absolute atomic E-state index is 5.14. The van der Waals surface area contributed by atoms with E-state index < -0.39 is 0 Å². The average Bonchev–Trinajstić information content (AvgIpc) is 2.21. The molecule has 0 heterocycles. The fourth-order valence-electron chi connectivity index (χ4n) is 1.13. The molecule has 0 saturated carbocycles. The van der Waals surface area contributed by atoms with Crippen molar-refractivity contribution < 1.29 is 0 Å². The van der Waals surface area contributed by atoms with E-state index in [0.29, 0.717) is 0 Å². The standard InChI is InChI=1S/C11H16N2S/c1-2-3-8-14-11-7-5-4-6-10(11)9-13-12/h4-7,9H,2-3,8,12H2,1H3. The number of hydrogen-bond acceptors (Lipinski definition) is 3. The maximum atomic E-state index is 5.14. The van der Waals surface area contributed by atoms with Crippen LogP contribution in [-0.4, -0.2) is 12.0 Å². The van der Waals surface area contributed by atoms with Crippen LogP contribution in [0, 0.1) is 0 Å². The zero-order valence-corrected chi connectivity index (χ0v) is 9.26. The van der Waals surface area contributed by atoms with E-state index in [9.17, 15) is 0 Å². The molecule has 0 bridgehead atoms. The zero-order chi connectivity index (χ0) is 10.2. The van der Waals surface area contributed by atoms with Crippen LogP contribution in [0.4, 0.5) is 0 Å². The highest BCUT2D eigenvalue weighted by Crippen LogP contribution is 2.22. The summed E-state index contributed by atoms with van der Waals surface area (Å²) in [6.07, 6.45) is 4.19.